The Morgan fingerprint density at radius 3 is 2.65 bits per heavy atom. The number of nitrogens with zero attached hydrogens (tertiary/aromatic N) is 1. The number of carboxylic acids is 1. The molecule has 4 heteroatoms. The number of carbonyl (C=O) groups is 1. The first-order chi connectivity index (χ1) is 8.08. The molecule has 2 aromatic rings. The van der Waals surface area contributed by atoms with Crippen molar-refractivity contribution in [2.45, 2.75) is 6.92 Å². The van der Waals surface area contributed by atoms with E-state index < -0.39 is 5.97 Å². The summed E-state index contributed by atoms with van der Waals surface area (Å²) in [5.74, 6) is -1.03. The van der Waals surface area contributed by atoms with Crippen LogP contribution in [0, 0.1) is 6.92 Å². The average Bonchev–Trinajstić information content (AvgIpc) is 2.29. The van der Waals surface area contributed by atoms with Gasteiger partial charge in [0.1, 0.15) is 0 Å². The lowest BCUT2D eigenvalue weighted by Gasteiger charge is -2.05. The lowest BCUT2D eigenvalue weighted by molar-refractivity contribution is 0.0697. The number of rotatable bonds is 2. The monoisotopic (exact) mass is 247 g/mol. The van der Waals surface area contributed by atoms with Gasteiger partial charge in [0, 0.05) is 18.0 Å². The zero-order valence-corrected chi connectivity index (χ0v) is 9.90. The Bertz CT molecular complexity index is 581. The summed E-state index contributed by atoms with van der Waals surface area (Å²) in [6.45, 7) is 1.94. The van der Waals surface area contributed by atoms with E-state index in [4.69, 9.17) is 16.7 Å². The van der Waals surface area contributed by atoms with Gasteiger partial charge in [0.05, 0.1) is 10.6 Å². The zero-order valence-electron chi connectivity index (χ0n) is 9.14. The maximum atomic E-state index is 11.0. The fourth-order valence-corrected chi connectivity index (χ4v) is 1.78. The molecule has 17 heavy (non-hydrogen) atoms. The molecule has 2 rings (SSSR count). The van der Waals surface area contributed by atoms with Crippen LogP contribution in [0.4, 0.5) is 0 Å². The van der Waals surface area contributed by atoms with Gasteiger partial charge in [0.25, 0.3) is 0 Å². The maximum Gasteiger partial charge on any atom is 0.337 e. The van der Waals surface area contributed by atoms with E-state index in [9.17, 15) is 4.79 Å². The van der Waals surface area contributed by atoms with Crippen molar-refractivity contribution in [1.29, 1.82) is 0 Å². The van der Waals surface area contributed by atoms with E-state index in [-0.39, 0.29) is 10.6 Å². The minimum atomic E-state index is -1.03. The van der Waals surface area contributed by atoms with Gasteiger partial charge in [-0.25, -0.2) is 4.79 Å². The van der Waals surface area contributed by atoms with Crippen LogP contribution in [0.25, 0.3) is 11.1 Å². The molecule has 0 saturated heterocycles. The molecule has 0 fully saturated rings. The summed E-state index contributed by atoms with van der Waals surface area (Å²) in [5, 5.41) is 9.23. The fourth-order valence-electron chi connectivity index (χ4n) is 1.58. The van der Waals surface area contributed by atoms with Crippen molar-refractivity contribution in [3.8, 4) is 11.1 Å². The molecule has 0 unspecified atom stereocenters. The summed E-state index contributed by atoms with van der Waals surface area (Å²) >= 11 is 5.81. The molecule has 0 saturated carbocycles. The van der Waals surface area contributed by atoms with Crippen molar-refractivity contribution in [2.75, 3.05) is 0 Å². The summed E-state index contributed by atoms with van der Waals surface area (Å²) in [4.78, 5) is 15.0. The Balaban J connectivity index is 2.54. The standard InChI is InChI=1S/C13H10ClNO2/c1-8-4-10(7-15-6-8)9-2-3-12(14)11(5-9)13(16)17/h2-7H,1H3,(H,16,17). The van der Waals surface area contributed by atoms with E-state index in [0.717, 1.165) is 16.7 Å². The molecule has 0 spiro atoms. The molecular weight excluding hydrogens is 238 g/mol. The summed E-state index contributed by atoms with van der Waals surface area (Å²) in [6, 6.07) is 6.87. The van der Waals surface area contributed by atoms with Crippen molar-refractivity contribution < 1.29 is 9.90 Å². The van der Waals surface area contributed by atoms with Crippen LogP contribution in [0.15, 0.2) is 36.7 Å². The topological polar surface area (TPSA) is 50.2 Å². The van der Waals surface area contributed by atoms with Crippen molar-refractivity contribution in [3.63, 3.8) is 0 Å². The highest BCUT2D eigenvalue weighted by Crippen LogP contribution is 2.25. The summed E-state index contributed by atoms with van der Waals surface area (Å²) in [6.07, 6.45) is 3.44. The van der Waals surface area contributed by atoms with E-state index in [1.54, 1.807) is 30.6 Å². The SMILES string of the molecule is Cc1cncc(-c2ccc(Cl)c(C(=O)O)c2)c1. The summed E-state index contributed by atoms with van der Waals surface area (Å²) in [7, 11) is 0. The highest BCUT2D eigenvalue weighted by molar-refractivity contribution is 6.33. The van der Waals surface area contributed by atoms with Crippen molar-refractivity contribution in [1.82, 2.24) is 4.98 Å². The predicted octanol–water partition coefficient (Wildman–Crippen LogP) is 3.41. The van der Waals surface area contributed by atoms with Crippen LogP contribution in [0.2, 0.25) is 5.02 Å². The minimum Gasteiger partial charge on any atom is -0.478 e. The molecule has 0 aliphatic carbocycles. The Labute approximate surface area is 104 Å². The lowest BCUT2D eigenvalue weighted by Crippen LogP contribution is -1.97. The van der Waals surface area contributed by atoms with E-state index >= 15 is 0 Å². The number of pyridine rings is 1. The van der Waals surface area contributed by atoms with Gasteiger partial charge in [-0.1, -0.05) is 17.7 Å². The molecule has 0 radical (unpaired) electrons. The average molecular weight is 248 g/mol. The molecule has 1 N–H and O–H groups in total. The van der Waals surface area contributed by atoms with Gasteiger partial charge in [-0.05, 0) is 36.2 Å². The Hall–Kier alpha value is -1.87. The number of hydrogen-bond donors (Lipinski definition) is 1. The predicted molar refractivity (Wildman–Crippen MR) is 66.4 cm³/mol. The normalized spacial score (nSPS) is 10.2. The molecular formula is C13H10ClNO2. The molecule has 3 nitrogen and oxygen atoms in total. The molecule has 0 aliphatic heterocycles. The van der Waals surface area contributed by atoms with Gasteiger partial charge in [-0.3, -0.25) is 4.98 Å². The summed E-state index contributed by atoms with van der Waals surface area (Å²) < 4.78 is 0. The molecule has 86 valence electrons. The van der Waals surface area contributed by atoms with Crippen molar-refractivity contribution in [2.24, 2.45) is 0 Å². The number of hydrogen-bond acceptors (Lipinski definition) is 2. The fraction of sp³-hybridized carbons (Fsp3) is 0.0769. The van der Waals surface area contributed by atoms with Crippen LogP contribution in [-0.4, -0.2) is 16.1 Å². The van der Waals surface area contributed by atoms with Gasteiger partial charge >= 0.3 is 5.97 Å². The Kier molecular flexibility index (Phi) is 3.11. The highest BCUT2D eigenvalue weighted by atomic mass is 35.5. The highest BCUT2D eigenvalue weighted by Gasteiger charge is 2.10. The molecule has 1 heterocycles. The maximum absolute atomic E-state index is 11.0. The molecule has 0 amide bonds. The van der Waals surface area contributed by atoms with E-state index in [1.165, 1.54) is 0 Å². The third-order valence-corrected chi connectivity index (χ3v) is 2.73. The molecule has 1 aromatic heterocycles. The second kappa shape index (κ2) is 4.55. The molecule has 0 atom stereocenters. The van der Waals surface area contributed by atoms with E-state index in [1.807, 2.05) is 13.0 Å². The molecule has 0 bridgehead atoms. The van der Waals surface area contributed by atoms with Gasteiger partial charge in [0.2, 0.25) is 0 Å². The van der Waals surface area contributed by atoms with Crippen LogP contribution >= 0.6 is 11.6 Å². The number of aromatic nitrogens is 1. The number of aromatic carboxylic acids is 1. The van der Waals surface area contributed by atoms with Crippen LogP contribution in [0.5, 0.6) is 0 Å². The van der Waals surface area contributed by atoms with Crippen LogP contribution in [0.3, 0.4) is 0 Å². The number of benzene rings is 1. The van der Waals surface area contributed by atoms with Crippen LogP contribution in [0.1, 0.15) is 15.9 Å². The third-order valence-electron chi connectivity index (χ3n) is 2.41. The van der Waals surface area contributed by atoms with Gasteiger partial charge in [-0.15, -0.1) is 0 Å². The van der Waals surface area contributed by atoms with Gasteiger partial charge in [0.15, 0.2) is 0 Å². The van der Waals surface area contributed by atoms with Gasteiger partial charge in [-0.2, -0.15) is 0 Å². The molecule has 0 aliphatic rings. The first-order valence-corrected chi connectivity index (χ1v) is 5.40. The Morgan fingerprint density at radius 1 is 1.24 bits per heavy atom. The quantitative estimate of drug-likeness (QED) is 0.885. The van der Waals surface area contributed by atoms with E-state index in [2.05, 4.69) is 4.98 Å². The number of halogens is 1. The second-order valence-electron chi connectivity index (χ2n) is 3.75. The number of aryl methyl sites for hydroxylation is 1. The van der Waals surface area contributed by atoms with Crippen molar-refractivity contribution in [3.05, 3.63) is 52.8 Å². The first kappa shape index (κ1) is 11.6. The first-order valence-electron chi connectivity index (χ1n) is 5.03. The largest absolute Gasteiger partial charge is 0.478 e. The van der Waals surface area contributed by atoms with Crippen LogP contribution in [-0.2, 0) is 0 Å². The van der Waals surface area contributed by atoms with Gasteiger partial charge < -0.3 is 5.11 Å². The smallest absolute Gasteiger partial charge is 0.337 e. The summed E-state index contributed by atoms with van der Waals surface area (Å²) in [5.41, 5.74) is 2.80. The zero-order chi connectivity index (χ0) is 12.4. The van der Waals surface area contributed by atoms with E-state index in [0.29, 0.717) is 0 Å². The third kappa shape index (κ3) is 2.45. The Morgan fingerprint density at radius 2 is 2.00 bits per heavy atom. The molecule has 1 aromatic carbocycles. The minimum absolute atomic E-state index is 0.102. The number of carboxylic acid groups (broad SMARTS) is 1. The van der Waals surface area contributed by atoms with Crippen LogP contribution < -0.4 is 0 Å². The lowest BCUT2D eigenvalue weighted by atomic mass is 10.0. The van der Waals surface area contributed by atoms with Crippen molar-refractivity contribution >= 4 is 17.6 Å². The second-order valence-corrected chi connectivity index (χ2v) is 4.16.